The Morgan fingerprint density at radius 2 is 2.00 bits per heavy atom. The molecule has 2 rings (SSSR count). The van der Waals surface area contributed by atoms with Crippen molar-refractivity contribution < 1.29 is 0 Å². The zero-order valence-corrected chi connectivity index (χ0v) is 12.8. The van der Waals surface area contributed by atoms with Crippen molar-refractivity contribution in [1.29, 1.82) is 5.26 Å². The first-order chi connectivity index (χ1) is 10.2. The van der Waals surface area contributed by atoms with Crippen molar-refractivity contribution in [2.75, 3.05) is 17.2 Å². The van der Waals surface area contributed by atoms with Gasteiger partial charge in [-0.1, -0.05) is 36.7 Å². The van der Waals surface area contributed by atoms with Gasteiger partial charge in [0.2, 0.25) is 0 Å². The van der Waals surface area contributed by atoms with Gasteiger partial charge in [-0.2, -0.15) is 5.26 Å². The number of nitrogens with zero attached hydrogens (tertiary/aromatic N) is 2. The van der Waals surface area contributed by atoms with E-state index in [0.29, 0.717) is 17.1 Å². The molecule has 0 aromatic heterocycles. The van der Waals surface area contributed by atoms with Crippen LogP contribution in [0.25, 0.3) is 0 Å². The molecule has 0 heterocycles. The van der Waals surface area contributed by atoms with E-state index in [1.165, 1.54) is 0 Å². The normalized spacial score (nSPS) is 10.1. The largest absolute Gasteiger partial charge is 0.397 e. The van der Waals surface area contributed by atoms with Crippen LogP contribution in [-0.2, 0) is 6.54 Å². The van der Waals surface area contributed by atoms with Gasteiger partial charge in [-0.15, -0.1) is 0 Å². The number of anilines is 2. The predicted molar refractivity (Wildman–Crippen MR) is 88.4 cm³/mol. The van der Waals surface area contributed by atoms with Crippen LogP contribution in [-0.4, -0.2) is 6.54 Å². The number of nitrogens with two attached hydrogens (primary N) is 1. The molecular formula is C17H18ClN3. The Bertz CT molecular complexity index is 661. The lowest BCUT2D eigenvalue weighted by atomic mass is 10.1. The van der Waals surface area contributed by atoms with E-state index in [-0.39, 0.29) is 0 Å². The van der Waals surface area contributed by atoms with Crippen LogP contribution in [0.2, 0.25) is 5.02 Å². The van der Waals surface area contributed by atoms with Gasteiger partial charge >= 0.3 is 0 Å². The van der Waals surface area contributed by atoms with Gasteiger partial charge in [0.25, 0.3) is 0 Å². The number of hydrogen-bond acceptors (Lipinski definition) is 3. The van der Waals surface area contributed by atoms with Crippen LogP contribution < -0.4 is 10.6 Å². The van der Waals surface area contributed by atoms with E-state index in [1.807, 2.05) is 30.3 Å². The van der Waals surface area contributed by atoms with E-state index in [4.69, 9.17) is 22.6 Å². The van der Waals surface area contributed by atoms with Crippen LogP contribution in [0.5, 0.6) is 0 Å². The molecule has 0 aliphatic heterocycles. The first-order valence-electron chi connectivity index (χ1n) is 6.93. The zero-order chi connectivity index (χ0) is 15.2. The highest BCUT2D eigenvalue weighted by Gasteiger charge is 2.11. The molecule has 0 bridgehead atoms. The molecule has 0 spiro atoms. The summed E-state index contributed by atoms with van der Waals surface area (Å²) in [5, 5.41) is 9.51. The lowest BCUT2D eigenvalue weighted by Gasteiger charge is -2.26. The second-order valence-electron chi connectivity index (χ2n) is 4.90. The van der Waals surface area contributed by atoms with E-state index in [0.717, 1.165) is 29.9 Å². The van der Waals surface area contributed by atoms with Crippen LogP contribution in [0.15, 0.2) is 42.5 Å². The minimum absolute atomic E-state index is 0.574. The fourth-order valence-corrected chi connectivity index (χ4v) is 2.52. The molecule has 3 nitrogen and oxygen atoms in total. The molecule has 108 valence electrons. The lowest BCUT2D eigenvalue weighted by molar-refractivity contribution is 0.768. The Morgan fingerprint density at radius 3 is 2.62 bits per heavy atom. The number of benzene rings is 2. The smallest absolute Gasteiger partial charge is 0.0992 e. The van der Waals surface area contributed by atoms with Gasteiger partial charge in [0.1, 0.15) is 0 Å². The van der Waals surface area contributed by atoms with Crippen molar-refractivity contribution in [1.82, 2.24) is 0 Å². The quantitative estimate of drug-likeness (QED) is 0.841. The van der Waals surface area contributed by atoms with Gasteiger partial charge in [0.15, 0.2) is 0 Å². The molecular weight excluding hydrogens is 282 g/mol. The van der Waals surface area contributed by atoms with Crippen LogP contribution in [0.1, 0.15) is 24.5 Å². The van der Waals surface area contributed by atoms with Crippen molar-refractivity contribution in [3.8, 4) is 6.07 Å². The molecule has 2 aromatic carbocycles. The second-order valence-corrected chi connectivity index (χ2v) is 5.31. The van der Waals surface area contributed by atoms with E-state index < -0.39 is 0 Å². The molecule has 0 radical (unpaired) electrons. The molecule has 0 unspecified atom stereocenters. The highest BCUT2D eigenvalue weighted by molar-refractivity contribution is 6.31. The number of halogens is 1. The number of nitriles is 1. The maximum absolute atomic E-state index is 8.90. The zero-order valence-electron chi connectivity index (χ0n) is 12.0. The van der Waals surface area contributed by atoms with Gasteiger partial charge in [-0.25, -0.2) is 0 Å². The van der Waals surface area contributed by atoms with Crippen molar-refractivity contribution in [2.24, 2.45) is 0 Å². The molecule has 21 heavy (non-hydrogen) atoms. The van der Waals surface area contributed by atoms with Crippen molar-refractivity contribution in [2.45, 2.75) is 19.9 Å². The average Bonchev–Trinajstić information content (AvgIpc) is 2.49. The average molecular weight is 300 g/mol. The molecule has 0 fully saturated rings. The molecule has 2 N–H and O–H groups in total. The maximum Gasteiger partial charge on any atom is 0.0992 e. The molecule has 0 saturated carbocycles. The van der Waals surface area contributed by atoms with Crippen molar-refractivity contribution >= 4 is 23.0 Å². The van der Waals surface area contributed by atoms with E-state index in [2.05, 4.69) is 17.9 Å². The molecule has 0 saturated heterocycles. The van der Waals surface area contributed by atoms with Gasteiger partial charge in [-0.3, -0.25) is 0 Å². The second kappa shape index (κ2) is 7.01. The summed E-state index contributed by atoms with van der Waals surface area (Å²) in [6, 6.07) is 15.3. The third-order valence-electron chi connectivity index (χ3n) is 3.31. The summed E-state index contributed by atoms with van der Waals surface area (Å²) in [4.78, 5) is 2.21. The van der Waals surface area contributed by atoms with Crippen LogP contribution in [0.4, 0.5) is 11.4 Å². The highest BCUT2D eigenvalue weighted by Crippen LogP contribution is 2.27. The third-order valence-corrected chi connectivity index (χ3v) is 3.67. The van der Waals surface area contributed by atoms with Crippen molar-refractivity contribution in [3.05, 3.63) is 58.6 Å². The summed E-state index contributed by atoms with van der Waals surface area (Å²) in [7, 11) is 0. The Morgan fingerprint density at radius 1 is 1.24 bits per heavy atom. The Labute approximate surface area is 130 Å². The van der Waals surface area contributed by atoms with Crippen LogP contribution in [0.3, 0.4) is 0 Å². The summed E-state index contributed by atoms with van der Waals surface area (Å²) >= 11 is 6.27. The minimum Gasteiger partial charge on any atom is -0.397 e. The SMILES string of the molecule is CCCN(Cc1ccc(C#N)cc1Cl)c1ccccc1N. The fourth-order valence-electron chi connectivity index (χ4n) is 2.28. The first-order valence-corrected chi connectivity index (χ1v) is 7.31. The number of hydrogen-bond donors (Lipinski definition) is 1. The Balaban J connectivity index is 2.29. The summed E-state index contributed by atoms with van der Waals surface area (Å²) < 4.78 is 0. The van der Waals surface area contributed by atoms with Gasteiger partial charge in [0, 0.05) is 18.1 Å². The molecule has 4 heteroatoms. The van der Waals surface area contributed by atoms with Gasteiger partial charge < -0.3 is 10.6 Å². The monoisotopic (exact) mass is 299 g/mol. The number of rotatable bonds is 5. The predicted octanol–water partition coefficient (Wildman–Crippen LogP) is 4.21. The summed E-state index contributed by atoms with van der Waals surface area (Å²) in [6.45, 7) is 3.70. The lowest BCUT2D eigenvalue weighted by Crippen LogP contribution is -2.24. The topological polar surface area (TPSA) is 53.0 Å². The minimum atomic E-state index is 0.574. The molecule has 2 aromatic rings. The van der Waals surface area contributed by atoms with Crippen molar-refractivity contribution in [3.63, 3.8) is 0 Å². The highest BCUT2D eigenvalue weighted by atomic mass is 35.5. The van der Waals surface area contributed by atoms with E-state index >= 15 is 0 Å². The third kappa shape index (κ3) is 3.68. The molecule has 0 aliphatic rings. The summed E-state index contributed by atoms with van der Waals surface area (Å²) in [6.07, 6.45) is 1.02. The standard InChI is InChI=1S/C17H18ClN3/c1-2-9-21(17-6-4-3-5-16(17)20)12-14-8-7-13(11-19)10-15(14)18/h3-8,10H,2,9,12,20H2,1H3. The molecule has 0 aliphatic carbocycles. The Hall–Kier alpha value is -2.18. The van der Waals surface area contributed by atoms with Gasteiger partial charge in [-0.05, 0) is 36.2 Å². The molecule has 0 atom stereocenters. The number of para-hydroxylation sites is 2. The van der Waals surface area contributed by atoms with Crippen LogP contribution >= 0.6 is 11.6 Å². The van der Waals surface area contributed by atoms with Gasteiger partial charge in [0.05, 0.1) is 23.0 Å². The first kappa shape index (κ1) is 15.2. The number of nitrogen functional groups attached to an aromatic ring is 1. The van der Waals surface area contributed by atoms with E-state index in [1.54, 1.807) is 12.1 Å². The molecule has 0 amide bonds. The maximum atomic E-state index is 8.90. The Kier molecular flexibility index (Phi) is 5.08. The summed E-state index contributed by atoms with van der Waals surface area (Å²) in [5.74, 6) is 0. The fraction of sp³-hybridized carbons (Fsp3) is 0.235. The van der Waals surface area contributed by atoms with Crippen LogP contribution in [0, 0.1) is 11.3 Å². The summed E-state index contributed by atoms with van der Waals surface area (Å²) in [5.41, 5.74) is 9.41. The van der Waals surface area contributed by atoms with E-state index in [9.17, 15) is 0 Å².